The zero-order valence-electron chi connectivity index (χ0n) is 8.82. The third kappa shape index (κ3) is 3.43. The number of anilines is 1. The molecule has 2 rings (SSSR count). The van der Waals surface area contributed by atoms with E-state index in [1.165, 1.54) is 25.6 Å². The molecule has 2 heterocycles. The van der Waals surface area contributed by atoms with Gasteiger partial charge in [0.2, 0.25) is 0 Å². The van der Waals surface area contributed by atoms with Crippen molar-refractivity contribution in [3.63, 3.8) is 0 Å². The first-order valence-corrected chi connectivity index (χ1v) is 5.55. The highest BCUT2D eigenvalue weighted by Gasteiger charge is 2.11. The van der Waals surface area contributed by atoms with Crippen molar-refractivity contribution in [1.29, 1.82) is 0 Å². The van der Waals surface area contributed by atoms with E-state index in [0.29, 0.717) is 6.04 Å². The van der Waals surface area contributed by atoms with E-state index in [2.05, 4.69) is 25.8 Å². The van der Waals surface area contributed by atoms with Crippen LogP contribution in [0.25, 0.3) is 0 Å². The number of piperidine rings is 1. The summed E-state index contributed by atoms with van der Waals surface area (Å²) in [5.41, 5.74) is 0. The molecule has 5 heteroatoms. The molecule has 1 fully saturated rings. The molecule has 82 valence electrons. The maximum absolute atomic E-state index is 3.92. The van der Waals surface area contributed by atoms with Crippen LogP contribution in [0.15, 0.2) is 12.5 Å². The lowest BCUT2D eigenvalue weighted by molar-refractivity contribution is 0.388. The zero-order valence-corrected chi connectivity index (χ0v) is 8.82. The molecule has 0 aromatic carbocycles. The number of aromatic nitrogens is 3. The summed E-state index contributed by atoms with van der Waals surface area (Å²) in [5, 5.41) is 14.4. The molecule has 1 unspecified atom stereocenters. The van der Waals surface area contributed by atoms with Crippen molar-refractivity contribution < 1.29 is 0 Å². The molecule has 1 aliphatic heterocycles. The van der Waals surface area contributed by atoms with Gasteiger partial charge in [0.05, 0.1) is 6.20 Å². The molecule has 1 aromatic heterocycles. The first kappa shape index (κ1) is 10.3. The quantitative estimate of drug-likeness (QED) is 0.765. The number of hydrogen-bond donors (Lipinski definition) is 2. The molecule has 0 saturated carbocycles. The van der Waals surface area contributed by atoms with E-state index < -0.39 is 0 Å². The third-order valence-corrected chi connectivity index (χ3v) is 2.69. The Balaban J connectivity index is 1.66. The van der Waals surface area contributed by atoms with Crippen LogP contribution in [0.4, 0.5) is 5.82 Å². The molecule has 15 heavy (non-hydrogen) atoms. The minimum absolute atomic E-state index is 0.663. The Morgan fingerprint density at radius 3 is 3.20 bits per heavy atom. The van der Waals surface area contributed by atoms with Crippen molar-refractivity contribution in [2.24, 2.45) is 0 Å². The van der Waals surface area contributed by atoms with Crippen LogP contribution in [0.2, 0.25) is 0 Å². The molecule has 0 amide bonds. The fraction of sp³-hybridized carbons (Fsp3) is 0.700. The van der Waals surface area contributed by atoms with Gasteiger partial charge in [-0.25, -0.2) is 4.98 Å². The minimum atomic E-state index is 0.663. The summed E-state index contributed by atoms with van der Waals surface area (Å²) < 4.78 is 0. The van der Waals surface area contributed by atoms with Crippen LogP contribution >= 0.6 is 0 Å². The largest absolute Gasteiger partial charge is 0.367 e. The second-order valence-electron chi connectivity index (χ2n) is 3.86. The molecule has 5 nitrogen and oxygen atoms in total. The van der Waals surface area contributed by atoms with Crippen LogP contribution in [-0.4, -0.2) is 34.3 Å². The van der Waals surface area contributed by atoms with E-state index in [1.807, 2.05) is 0 Å². The van der Waals surface area contributed by atoms with Gasteiger partial charge < -0.3 is 10.6 Å². The summed E-state index contributed by atoms with van der Waals surface area (Å²) in [4.78, 5) is 3.90. The molecule has 1 aliphatic rings. The van der Waals surface area contributed by atoms with Gasteiger partial charge in [-0.2, -0.15) is 0 Å². The van der Waals surface area contributed by atoms with Gasteiger partial charge in [0.1, 0.15) is 6.33 Å². The Kier molecular flexibility index (Phi) is 3.84. The van der Waals surface area contributed by atoms with Gasteiger partial charge >= 0.3 is 0 Å². The van der Waals surface area contributed by atoms with Crippen LogP contribution in [0.5, 0.6) is 0 Å². The van der Waals surface area contributed by atoms with E-state index in [0.717, 1.165) is 25.3 Å². The fourth-order valence-corrected chi connectivity index (χ4v) is 1.87. The maximum atomic E-state index is 3.92. The number of nitrogens with one attached hydrogen (secondary N) is 2. The minimum Gasteiger partial charge on any atom is -0.367 e. The average Bonchev–Trinajstić information content (AvgIpc) is 2.32. The van der Waals surface area contributed by atoms with Gasteiger partial charge in [-0.3, -0.25) is 0 Å². The van der Waals surface area contributed by atoms with Crippen LogP contribution in [-0.2, 0) is 0 Å². The van der Waals surface area contributed by atoms with Crippen LogP contribution in [0.1, 0.15) is 25.7 Å². The van der Waals surface area contributed by atoms with Crippen molar-refractivity contribution in [2.45, 2.75) is 31.7 Å². The van der Waals surface area contributed by atoms with Gasteiger partial charge in [0.15, 0.2) is 5.82 Å². The smallest absolute Gasteiger partial charge is 0.167 e. The first-order valence-electron chi connectivity index (χ1n) is 5.55. The molecule has 2 N–H and O–H groups in total. The van der Waals surface area contributed by atoms with E-state index in [1.54, 1.807) is 6.20 Å². The van der Waals surface area contributed by atoms with Gasteiger partial charge in [0.25, 0.3) is 0 Å². The highest BCUT2D eigenvalue weighted by atomic mass is 15.2. The summed E-state index contributed by atoms with van der Waals surface area (Å²) in [6, 6.07) is 0.663. The SMILES string of the molecule is c1ncc(NCCC2CCCCN2)nn1. The van der Waals surface area contributed by atoms with Gasteiger partial charge in [-0.1, -0.05) is 6.42 Å². The third-order valence-electron chi connectivity index (χ3n) is 2.69. The molecule has 1 atom stereocenters. The Hall–Kier alpha value is -1.23. The maximum Gasteiger partial charge on any atom is 0.167 e. The topological polar surface area (TPSA) is 62.7 Å². The number of hydrogen-bond acceptors (Lipinski definition) is 5. The Morgan fingerprint density at radius 1 is 1.47 bits per heavy atom. The molecule has 0 spiro atoms. The lowest BCUT2D eigenvalue weighted by Gasteiger charge is -2.23. The van der Waals surface area contributed by atoms with E-state index >= 15 is 0 Å². The lowest BCUT2D eigenvalue weighted by atomic mass is 10.0. The van der Waals surface area contributed by atoms with Gasteiger partial charge in [-0.15, -0.1) is 10.2 Å². The monoisotopic (exact) mass is 207 g/mol. The Morgan fingerprint density at radius 2 is 2.47 bits per heavy atom. The van der Waals surface area contributed by atoms with Crippen LogP contribution < -0.4 is 10.6 Å². The van der Waals surface area contributed by atoms with E-state index in [9.17, 15) is 0 Å². The zero-order chi connectivity index (χ0) is 10.3. The van der Waals surface area contributed by atoms with Crippen LogP contribution in [0.3, 0.4) is 0 Å². The van der Waals surface area contributed by atoms with Gasteiger partial charge in [-0.05, 0) is 25.8 Å². The first-order chi connectivity index (χ1) is 7.45. The van der Waals surface area contributed by atoms with Crippen LogP contribution in [0, 0.1) is 0 Å². The van der Waals surface area contributed by atoms with Crippen molar-refractivity contribution in [3.8, 4) is 0 Å². The second kappa shape index (κ2) is 5.60. The van der Waals surface area contributed by atoms with Crippen molar-refractivity contribution >= 4 is 5.82 Å². The number of rotatable bonds is 4. The Labute approximate surface area is 89.7 Å². The molecule has 1 aromatic rings. The van der Waals surface area contributed by atoms with Crippen molar-refractivity contribution in [3.05, 3.63) is 12.5 Å². The normalized spacial score (nSPS) is 21.2. The molecule has 0 radical (unpaired) electrons. The summed E-state index contributed by atoms with van der Waals surface area (Å²) in [6.45, 7) is 2.09. The predicted octanol–water partition coefficient (Wildman–Crippen LogP) is 0.816. The predicted molar refractivity (Wildman–Crippen MR) is 58.6 cm³/mol. The number of nitrogens with zero attached hydrogens (tertiary/aromatic N) is 3. The highest BCUT2D eigenvalue weighted by Crippen LogP contribution is 2.09. The summed E-state index contributed by atoms with van der Waals surface area (Å²) in [5.74, 6) is 0.758. The molecule has 0 bridgehead atoms. The second-order valence-corrected chi connectivity index (χ2v) is 3.86. The lowest BCUT2D eigenvalue weighted by Crippen LogP contribution is -2.35. The van der Waals surface area contributed by atoms with Crippen molar-refractivity contribution in [2.75, 3.05) is 18.4 Å². The molecule has 0 aliphatic carbocycles. The highest BCUT2D eigenvalue weighted by molar-refractivity contribution is 5.27. The Bertz CT molecular complexity index is 270. The summed E-state index contributed by atoms with van der Waals surface area (Å²) in [7, 11) is 0. The average molecular weight is 207 g/mol. The van der Waals surface area contributed by atoms with E-state index in [4.69, 9.17) is 0 Å². The summed E-state index contributed by atoms with van der Waals surface area (Å²) in [6.07, 6.45) is 8.23. The van der Waals surface area contributed by atoms with Gasteiger partial charge in [0, 0.05) is 12.6 Å². The molecular formula is C10H17N5. The van der Waals surface area contributed by atoms with E-state index in [-0.39, 0.29) is 0 Å². The standard InChI is InChI=1S/C10H17N5/c1-2-5-12-9(3-1)4-6-13-10-7-11-8-14-15-10/h7-9,12H,1-6H2,(H,13,15). The molecular weight excluding hydrogens is 190 g/mol. The van der Waals surface area contributed by atoms with Crippen molar-refractivity contribution in [1.82, 2.24) is 20.5 Å². The summed E-state index contributed by atoms with van der Waals surface area (Å²) >= 11 is 0. The molecule has 1 saturated heterocycles. The fourth-order valence-electron chi connectivity index (χ4n) is 1.87.